The van der Waals surface area contributed by atoms with Crippen LogP contribution in [0.2, 0.25) is 0 Å². The number of aromatic nitrogens is 5. The average Bonchev–Trinajstić information content (AvgIpc) is 3.20. The van der Waals surface area contributed by atoms with Gasteiger partial charge in [0, 0.05) is 30.4 Å². The molecule has 6 heteroatoms. The lowest BCUT2D eigenvalue weighted by atomic mass is 10.1. The summed E-state index contributed by atoms with van der Waals surface area (Å²) in [5, 5.41) is 3.34. The van der Waals surface area contributed by atoms with Crippen LogP contribution in [0.25, 0.3) is 17.1 Å². The van der Waals surface area contributed by atoms with Gasteiger partial charge in [0.1, 0.15) is 12.1 Å². The molecule has 0 spiro atoms. The molecule has 1 atom stereocenters. The first-order chi connectivity index (χ1) is 12.8. The Morgan fingerprint density at radius 1 is 0.923 bits per heavy atom. The molecular weight excluding hydrogens is 324 g/mol. The van der Waals surface area contributed by atoms with Crippen LogP contribution in [0.1, 0.15) is 18.5 Å². The van der Waals surface area contributed by atoms with E-state index in [4.69, 9.17) is 0 Å². The Morgan fingerprint density at radius 2 is 1.73 bits per heavy atom. The molecule has 0 aliphatic heterocycles. The van der Waals surface area contributed by atoms with Crippen LogP contribution in [0.5, 0.6) is 0 Å². The van der Waals surface area contributed by atoms with E-state index in [0.717, 1.165) is 17.1 Å². The third kappa shape index (κ3) is 3.44. The molecule has 3 heterocycles. The lowest BCUT2D eigenvalue weighted by Gasteiger charge is -2.14. The third-order valence-electron chi connectivity index (χ3n) is 4.11. The molecule has 0 amide bonds. The van der Waals surface area contributed by atoms with Crippen LogP contribution in [0.4, 0.5) is 5.95 Å². The van der Waals surface area contributed by atoms with Gasteiger partial charge in [0.2, 0.25) is 5.95 Å². The van der Waals surface area contributed by atoms with Crippen LogP contribution in [-0.2, 0) is 0 Å². The summed E-state index contributed by atoms with van der Waals surface area (Å²) >= 11 is 0. The highest BCUT2D eigenvalue weighted by atomic mass is 15.2. The van der Waals surface area contributed by atoms with E-state index in [1.54, 1.807) is 24.9 Å². The number of imidazole rings is 1. The van der Waals surface area contributed by atoms with Crippen LogP contribution in [0, 0.1) is 0 Å². The lowest BCUT2D eigenvalue weighted by Crippen LogP contribution is -2.10. The van der Waals surface area contributed by atoms with Gasteiger partial charge in [-0.25, -0.2) is 9.97 Å². The van der Waals surface area contributed by atoms with Crippen molar-refractivity contribution < 1.29 is 0 Å². The van der Waals surface area contributed by atoms with E-state index in [1.807, 2.05) is 47.2 Å². The van der Waals surface area contributed by atoms with E-state index in [0.29, 0.717) is 5.95 Å². The maximum atomic E-state index is 4.60. The maximum Gasteiger partial charge on any atom is 0.225 e. The molecule has 0 unspecified atom stereocenters. The van der Waals surface area contributed by atoms with E-state index in [9.17, 15) is 0 Å². The molecular formula is C20H18N6. The van der Waals surface area contributed by atoms with E-state index in [2.05, 4.69) is 44.3 Å². The van der Waals surface area contributed by atoms with Gasteiger partial charge < -0.3 is 5.32 Å². The summed E-state index contributed by atoms with van der Waals surface area (Å²) in [6.45, 7) is 2.09. The molecule has 0 fully saturated rings. The van der Waals surface area contributed by atoms with Crippen molar-refractivity contribution in [1.82, 2.24) is 24.5 Å². The predicted octanol–water partition coefficient (Wildman–Crippen LogP) is 3.90. The van der Waals surface area contributed by atoms with Gasteiger partial charge in [-0.3, -0.25) is 9.55 Å². The third-order valence-corrected chi connectivity index (χ3v) is 4.11. The molecule has 4 aromatic rings. The fourth-order valence-corrected chi connectivity index (χ4v) is 2.70. The van der Waals surface area contributed by atoms with Gasteiger partial charge >= 0.3 is 0 Å². The summed E-state index contributed by atoms with van der Waals surface area (Å²) < 4.78 is 1.88. The molecule has 0 aliphatic rings. The highest BCUT2D eigenvalue weighted by Crippen LogP contribution is 2.19. The average molecular weight is 342 g/mol. The second kappa shape index (κ2) is 7.14. The topological polar surface area (TPSA) is 68.5 Å². The molecule has 1 aromatic carbocycles. The summed E-state index contributed by atoms with van der Waals surface area (Å²) in [5.41, 5.74) is 3.08. The molecule has 128 valence electrons. The van der Waals surface area contributed by atoms with Gasteiger partial charge in [0.25, 0.3) is 0 Å². The number of rotatable bonds is 5. The van der Waals surface area contributed by atoms with Crippen molar-refractivity contribution in [3.8, 4) is 17.1 Å². The Balaban J connectivity index is 1.56. The standard InChI is InChI=1S/C20H18N6/c1-15(16-5-3-2-4-6-16)24-20-22-12-9-19(25-20)26-13-18(23-14-26)17-7-10-21-11-8-17/h2-15H,1H3,(H,22,24,25)/t15-/m0/s1. The minimum absolute atomic E-state index is 0.113. The zero-order valence-electron chi connectivity index (χ0n) is 14.3. The largest absolute Gasteiger partial charge is 0.348 e. The second-order valence-corrected chi connectivity index (χ2v) is 5.92. The molecule has 6 nitrogen and oxygen atoms in total. The monoisotopic (exact) mass is 342 g/mol. The number of nitrogens with one attached hydrogen (secondary N) is 1. The van der Waals surface area contributed by atoms with Gasteiger partial charge in [-0.2, -0.15) is 4.98 Å². The fraction of sp³-hybridized carbons (Fsp3) is 0.100. The highest BCUT2D eigenvalue weighted by molar-refractivity contribution is 5.57. The summed E-state index contributed by atoms with van der Waals surface area (Å²) in [7, 11) is 0. The van der Waals surface area contributed by atoms with Crippen LogP contribution in [0.3, 0.4) is 0 Å². The number of hydrogen-bond acceptors (Lipinski definition) is 5. The normalized spacial score (nSPS) is 11.9. The van der Waals surface area contributed by atoms with Gasteiger partial charge in [0.05, 0.1) is 11.7 Å². The minimum atomic E-state index is 0.113. The molecule has 4 rings (SSSR count). The highest BCUT2D eigenvalue weighted by Gasteiger charge is 2.09. The minimum Gasteiger partial charge on any atom is -0.348 e. The first-order valence-electron chi connectivity index (χ1n) is 8.39. The van der Waals surface area contributed by atoms with Crippen LogP contribution in [-0.4, -0.2) is 24.5 Å². The van der Waals surface area contributed by atoms with E-state index in [1.165, 1.54) is 5.56 Å². The van der Waals surface area contributed by atoms with Crippen molar-refractivity contribution in [3.63, 3.8) is 0 Å². The van der Waals surface area contributed by atoms with E-state index < -0.39 is 0 Å². The first kappa shape index (κ1) is 16.0. The maximum absolute atomic E-state index is 4.60. The Bertz CT molecular complexity index is 981. The van der Waals surface area contributed by atoms with Crippen LogP contribution >= 0.6 is 0 Å². The first-order valence-corrected chi connectivity index (χ1v) is 8.39. The molecule has 0 saturated heterocycles. The zero-order valence-corrected chi connectivity index (χ0v) is 14.3. The van der Waals surface area contributed by atoms with Gasteiger partial charge in [-0.15, -0.1) is 0 Å². The number of anilines is 1. The smallest absolute Gasteiger partial charge is 0.225 e. The van der Waals surface area contributed by atoms with Crippen molar-refractivity contribution in [2.24, 2.45) is 0 Å². The molecule has 0 radical (unpaired) electrons. The summed E-state index contributed by atoms with van der Waals surface area (Å²) in [4.78, 5) is 17.4. The van der Waals surface area contributed by atoms with Crippen molar-refractivity contribution in [1.29, 1.82) is 0 Å². The lowest BCUT2D eigenvalue weighted by molar-refractivity contribution is 0.852. The summed E-state index contributed by atoms with van der Waals surface area (Å²) in [5.74, 6) is 1.34. The number of pyridine rings is 1. The van der Waals surface area contributed by atoms with Gasteiger partial charge in [-0.05, 0) is 30.7 Å². The number of hydrogen-bond donors (Lipinski definition) is 1. The van der Waals surface area contributed by atoms with Crippen molar-refractivity contribution in [3.05, 3.63) is 85.2 Å². The molecule has 0 aliphatic carbocycles. The molecule has 0 bridgehead atoms. The Kier molecular flexibility index (Phi) is 4.38. The van der Waals surface area contributed by atoms with Crippen LogP contribution in [0.15, 0.2) is 79.6 Å². The van der Waals surface area contributed by atoms with Crippen molar-refractivity contribution in [2.75, 3.05) is 5.32 Å². The molecule has 26 heavy (non-hydrogen) atoms. The summed E-state index contributed by atoms with van der Waals surface area (Å²) in [6.07, 6.45) is 8.96. The van der Waals surface area contributed by atoms with Crippen molar-refractivity contribution >= 4 is 5.95 Å². The van der Waals surface area contributed by atoms with Crippen LogP contribution < -0.4 is 5.32 Å². The SMILES string of the molecule is C[C@H](Nc1nccc(-n2cnc(-c3ccncc3)c2)n1)c1ccccc1. The Morgan fingerprint density at radius 3 is 2.54 bits per heavy atom. The zero-order chi connectivity index (χ0) is 17.8. The number of nitrogens with zero attached hydrogens (tertiary/aromatic N) is 5. The second-order valence-electron chi connectivity index (χ2n) is 5.92. The predicted molar refractivity (Wildman–Crippen MR) is 101 cm³/mol. The Hall–Kier alpha value is -3.54. The summed E-state index contributed by atoms with van der Waals surface area (Å²) in [6, 6.07) is 16.1. The van der Waals surface area contributed by atoms with Gasteiger partial charge in [-0.1, -0.05) is 30.3 Å². The van der Waals surface area contributed by atoms with Gasteiger partial charge in [0.15, 0.2) is 0 Å². The van der Waals surface area contributed by atoms with E-state index >= 15 is 0 Å². The molecule has 1 N–H and O–H groups in total. The van der Waals surface area contributed by atoms with E-state index in [-0.39, 0.29) is 6.04 Å². The quantitative estimate of drug-likeness (QED) is 0.596. The Labute approximate surface area is 151 Å². The molecule has 3 aromatic heterocycles. The fourth-order valence-electron chi connectivity index (χ4n) is 2.70. The number of benzene rings is 1. The van der Waals surface area contributed by atoms with Crippen molar-refractivity contribution in [2.45, 2.75) is 13.0 Å². The molecule has 0 saturated carbocycles.